The van der Waals surface area contributed by atoms with Crippen molar-refractivity contribution in [3.8, 4) is 11.3 Å². The van der Waals surface area contributed by atoms with Crippen LogP contribution in [0.2, 0.25) is 0 Å². The predicted octanol–water partition coefficient (Wildman–Crippen LogP) is 5.16. The Morgan fingerprint density at radius 3 is 2.44 bits per heavy atom. The van der Waals surface area contributed by atoms with Crippen molar-refractivity contribution in [1.82, 2.24) is 19.5 Å². The lowest BCUT2D eigenvalue weighted by atomic mass is 9.88. The molecule has 2 aliphatic rings. The SMILES string of the molecule is CC1C[C@@H](C)N(C(=O)c2cc3nc4c(c(C(F)(F)F)n3n2)CCc2ccccc2-4)[C@H](C)C1. The molecule has 1 amide bonds. The highest BCUT2D eigenvalue weighted by molar-refractivity contribution is 5.94. The highest BCUT2D eigenvalue weighted by Crippen LogP contribution is 2.40. The van der Waals surface area contributed by atoms with E-state index in [0.29, 0.717) is 23.6 Å². The number of fused-ring (bicyclic) bond motifs is 4. The molecule has 32 heavy (non-hydrogen) atoms. The van der Waals surface area contributed by atoms with Crippen molar-refractivity contribution in [2.45, 2.75) is 64.7 Å². The molecule has 2 aromatic heterocycles. The van der Waals surface area contributed by atoms with Gasteiger partial charge in [0.25, 0.3) is 5.91 Å². The predicted molar refractivity (Wildman–Crippen MR) is 114 cm³/mol. The minimum Gasteiger partial charge on any atom is -0.332 e. The number of benzene rings is 1. The molecule has 8 heteroatoms. The second kappa shape index (κ2) is 7.32. The topological polar surface area (TPSA) is 50.5 Å². The van der Waals surface area contributed by atoms with Crippen LogP contribution < -0.4 is 0 Å². The van der Waals surface area contributed by atoms with Gasteiger partial charge < -0.3 is 4.90 Å². The van der Waals surface area contributed by atoms with E-state index in [1.165, 1.54) is 6.07 Å². The van der Waals surface area contributed by atoms with Gasteiger partial charge in [-0.15, -0.1) is 0 Å². The molecule has 0 unspecified atom stereocenters. The highest BCUT2D eigenvalue weighted by Gasteiger charge is 2.41. The zero-order chi connectivity index (χ0) is 22.8. The molecule has 3 heterocycles. The molecule has 5 rings (SSSR count). The zero-order valence-electron chi connectivity index (χ0n) is 18.3. The molecule has 1 aliphatic carbocycles. The van der Waals surface area contributed by atoms with Crippen LogP contribution in [0.5, 0.6) is 0 Å². The van der Waals surface area contributed by atoms with Crippen LogP contribution in [-0.2, 0) is 19.0 Å². The van der Waals surface area contributed by atoms with Gasteiger partial charge in [-0.2, -0.15) is 18.3 Å². The van der Waals surface area contributed by atoms with E-state index in [1.807, 2.05) is 26.0 Å². The molecule has 5 nitrogen and oxygen atoms in total. The minimum atomic E-state index is -4.62. The summed E-state index contributed by atoms with van der Waals surface area (Å²) < 4.78 is 43.5. The second-order valence-electron chi connectivity index (χ2n) is 9.23. The summed E-state index contributed by atoms with van der Waals surface area (Å²) in [6, 6.07) is 8.80. The summed E-state index contributed by atoms with van der Waals surface area (Å²) in [5.41, 5.74) is 1.38. The van der Waals surface area contributed by atoms with Crippen LogP contribution >= 0.6 is 0 Å². The number of aromatic nitrogens is 3. The molecule has 0 spiro atoms. The number of alkyl halides is 3. The van der Waals surface area contributed by atoms with E-state index in [2.05, 4.69) is 17.0 Å². The maximum atomic E-state index is 14.2. The van der Waals surface area contributed by atoms with Gasteiger partial charge in [0.15, 0.2) is 17.0 Å². The van der Waals surface area contributed by atoms with E-state index >= 15 is 0 Å². The molecular weight excluding hydrogens is 417 g/mol. The average Bonchev–Trinajstić information content (AvgIpc) is 3.13. The highest BCUT2D eigenvalue weighted by atomic mass is 19.4. The van der Waals surface area contributed by atoms with E-state index in [0.717, 1.165) is 22.9 Å². The van der Waals surface area contributed by atoms with Gasteiger partial charge in [-0.1, -0.05) is 31.2 Å². The third kappa shape index (κ3) is 3.27. The minimum absolute atomic E-state index is 0.00110. The Kier molecular flexibility index (Phi) is 4.80. The summed E-state index contributed by atoms with van der Waals surface area (Å²) in [4.78, 5) is 19.6. The van der Waals surface area contributed by atoms with Gasteiger partial charge in [0.2, 0.25) is 0 Å². The van der Waals surface area contributed by atoms with Gasteiger partial charge in [-0.25, -0.2) is 9.50 Å². The van der Waals surface area contributed by atoms with Crippen molar-refractivity contribution >= 4 is 11.6 Å². The number of carbonyl (C=O) groups is 1. The fourth-order valence-corrected chi connectivity index (χ4v) is 5.58. The van der Waals surface area contributed by atoms with Crippen LogP contribution in [0.3, 0.4) is 0 Å². The Morgan fingerprint density at radius 1 is 1.06 bits per heavy atom. The number of piperidine rings is 1. The van der Waals surface area contributed by atoms with Gasteiger partial charge in [-0.3, -0.25) is 4.79 Å². The number of hydrogen-bond acceptors (Lipinski definition) is 3. The molecule has 0 radical (unpaired) electrons. The summed E-state index contributed by atoms with van der Waals surface area (Å²) >= 11 is 0. The van der Waals surface area contributed by atoms with Crippen molar-refractivity contribution in [3.05, 3.63) is 52.8 Å². The van der Waals surface area contributed by atoms with Gasteiger partial charge in [0.05, 0.1) is 5.69 Å². The van der Waals surface area contributed by atoms with Crippen LogP contribution in [0.4, 0.5) is 13.2 Å². The van der Waals surface area contributed by atoms with Gasteiger partial charge in [0.1, 0.15) is 0 Å². The first-order valence-corrected chi connectivity index (χ1v) is 11.1. The summed E-state index contributed by atoms with van der Waals surface area (Å²) in [7, 11) is 0. The largest absolute Gasteiger partial charge is 0.433 e. The summed E-state index contributed by atoms with van der Waals surface area (Å²) in [6.07, 6.45) is -2.16. The first kappa shape index (κ1) is 21.0. The van der Waals surface area contributed by atoms with E-state index in [4.69, 9.17) is 0 Å². The Bertz CT molecular complexity index is 1200. The third-order valence-corrected chi connectivity index (χ3v) is 6.78. The second-order valence-corrected chi connectivity index (χ2v) is 9.23. The summed E-state index contributed by atoms with van der Waals surface area (Å²) in [5.74, 6) is 0.157. The van der Waals surface area contributed by atoms with Crippen LogP contribution in [0.1, 0.15) is 60.9 Å². The molecule has 1 fully saturated rings. The number of halogens is 3. The Morgan fingerprint density at radius 2 is 1.75 bits per heavy atom. The Labute approximate surface area is 184 Å². The molecule has 3 aromatic rings. The first-order valence-electron chi connectivity index (χ1n) is 11.1. The van der Waals surface area contributed by atoms with Crippen molar-refractivity contribution < 1.29 is 18.0 Å². The fraction of sp³-hybridized carbons (Fsp3) is 0.458. The van der Waals surface area contributed by atoms with Gasteiger partial charge in [0, 0.05) is 29.3 Å². The molecular formula is C24H25F3N4O. The molecule has 0 saturated carbocycles. The van der Waals surface area contributed by atoms with E-state index < -0.39 is 11.9 Å². The molecule has 1 saturated heterocycles. The summed E-state index contributed by atoms with van der Waals surface area (Å²) in [5, 5.41) is 4.15. The normalized spacial score (nSPS) is 23.2. The number of carbonyl (C=O) groups excluding carboxylic acids is 1. The fourth-order valence-electron chi connectivity index (χ4n) is 5.58. The lowest BCUT2D eigenvalue weighted by Crippen LogP contribution is -2.49. The monoisotopic (exact) mass is 442 g/mol. The lowest BCUT2D eigenvalue weighted by Gasteiger charge is -2.41. The number of aryl methyl sites for hydroxylation is 1. The van der Waals surface area contributed by atoms with Crippen LogP contribution in [-0.4, -0.2) is 37.5 Å². The molecule has 168 valence electrons. The molecule has 2 atom stereocenters. The Balaban J connectivity index is 1.67. The van der Waals surface area contributed by atoms with E-state index in [9.17, 15) is 18.0 Å². The maximum Gasteiger partial charge on any atom is 0.433 e. The van der Waals surface area contributed by atoms with Crippen LogP contribution in [0.15, 0.2) is 30.3 Å². The quantitative estimate of drug-likeness (QED) is 0.523. The average molecular weight is 442 g/mol. The van der Waals surface area contributed by atoms with E-state index in [-0.39, 0.29) is 41.3 Å². The molecule has 0 bridgehead atoms. The van der Waals surface area contributed by atoms with Crippen molar-refractivity contribution in [1.29, 1.82) is 0 Å². The van der Waals surface area contributed by atoms with Gasteiger partial charge in [-0.05, 0) is 51.0 Å². The van der Waals surface area contributed by atoms with Crippen LogP contribution in [0.25, 0.3) is 16.9 Å². The molecule has 1 aliphatic heterocycles. The summed E-state index contributed by atoms with van der Waals surface area (Å²) in [6.45, 7) is 6.12. The number of nitrogens with zero attached hydrogens (tertiary/aromatic N) is 4. The number of hydrogen-bond donors (Lipinski definition) is 0. The Hall–Kier alpha value is -2.90. The van der Waals surface area contributed by atoms with E-state index in [1.54, 1.807) is 17.0 Å². The lowest BCUT2D eigenvalue weighted by molar-refractivity contribution is -0.143. The van der Waals surface area contributed by atoms with Gasteiger partial charge >= 0.3 is 6.18 Å². The standard InChI is InChI=1S/C24H25F3N4O/c1-13-10-14(2)30(15(3)11-13)23(32)19-12-20-28-21-17-7-5-4-6-16(17)8-9-18(21)22(24(25,26)27)31(20)29-19/h4-7,12-15H,8-11H2,1-3H3/t14-,15-/m1/s1. The first-order chi connectivity index (χ1) is 15.1. The number of likely N-dealkylation sites (tertiary alicyclic amines) is 1. The van der Waals surface area contributed by atoms with Crippen molar-refractivity contribution in [2.24, 2.45) is 5.92 Å². The smallest absolute Gasteiger partial charge is 0.332 e. The van der Waals surface area contributed by atoms with Crippen LogP contribution in [0, 0.1) is 5.92 Å². The number of rotatable bonds is 1. The third-order valence-electron chi connectivity index (χ3n) is 6.78. The van der Waals surface area contributed by atoms with Crippen molar-refractivity contribution in [3.63, 3.8) is 0 Å². The molecule has 0 N–H and O–H groups in total. The number of amides is 1. The zero-order valence-corrected chi connectivity index (χ0v) is 18.3. The van der Waals surface area contributed by atoms with Crippen molar-refractivity contribution in [2.75, 3.05) is 0 Å². The molecule has 1 aromatic carbocycles. The maximum absolute atomic E-state index is 14.2.